The summed E-state index contributed by atoms with van der Waals surface area (Å²) in [4.78, 5) is 0. The van der Waals surface area contributed by atoms with Gasteiger partial charge in [0.1, 0.15) is 5.82 Å². The molecule has 1 nitrogen and oxygen atoms in total. The predicted octanol–water partition coefficient (Wildman–Crippen LogP) is 3.80. The second-order valence-corrected chi connectivity index (χ2v) is 5.28. The summed E-state index contributed by atoms with van der Waals surface area (Å²) in [6.45, 7) is 5.10. The Morgan fingerprint density at radius 1 is 1.35 bits per heavy atom. The SMILES string of the molecule is Cc1cc(F)ccc1CN[C@H](C)C1CCCC1. The zero-order valence-corrected chi connectivity index (χ0v) is 10.8. The third-order valence-electron chi connectivity index (χ3n) is 4.03. The second-order valence-electron chi connectivity index (χ2n) is 5.28. The van der Waals surface area contributed by atoms with Crippen LogP contribution in [0.5, 0.6) is 0 Å². The molecule has 1 fully saturated rings. The van der Waals surface area contributed by atoms with Gasteiger partial charge in [0.2, 0.25) is 0 Å². The number of hydrogen-bond acceptors (Lipinski definition) is 1. The maximum absolute atomic E-state index is 13.0. The normalized spacial score (nSPS) is 18.5. The lowest BCUT2D eigenvalue weighted by Gasteiger charge is -2.21. The lowest BCUT2D eigenvalue weighted by molar-refractivity contribution is 0.380. The lowest BCUT2D eigenvalue weighted by Crippen LogP contribution is -2.31. The van der Waals surface area contributed by atoms with E-state index in [2.05, 4.69) is 12.2 Å². The predicted molar refractivity (Wildman–Crippen MR) is 69.4 cm³/mol. The fraction of sp³-hybridized carbons (Fsp3) is 0.600. The van der Waals surface area contributed by atoms with E-state index in [-0.39, 0.29) is 5.82 Å². The van der Waals surface area contributed by atoms with Crippen molar-refractivity contribution in [1.82, 2.24) is 5.32 Å². The summed E-state index contributed by atoms with van der Waals surface area (Å²) in [5, 5.41) is 3.58. The fourth-order valence-corrected chi connectivity index (χ4v) is 2.75. The lowest BCUT2D eigenvalue weighted by atomic mass is 9.99. The Balaban J connectivity index is 1.88. The topological polar surface area (TPSA) is 12.0 Å². The number of rotatable bonds is 4. The van der Waals surface area contributed by atoms with Gasteiger partial charge >= 0.3 is 0 Å². The van der Waals surface area contributed by atoms with Crippen molar-refractivity contribution in [3.05, 3.63) is 35.1 Å². The molecule has 0 bridgehead atoms. The Hall–Kier alpha value is -0.890. The summed E-state index contributed by atoms with van der Waals surface area (Å²) in [5.74, 6) is 0.686. The molecule has 0 spiro atoms. The standard InChI is InChI=1S/C15H22FN/c1-11-9-15(16)8-7-14(11)10-17-12(2)13-5-3-4-6-13/h7-9,12-13,17H,3-6,10H2,1-2H3/t12-/m1/s1. The van der Waals surface area contributed by atoms with Crippen LogP contribution in [0.3, 0.4) is 0 Å². The van der Waals surface area contributed by atoms with Crippen LogP contribution < -0.4 is 5.32 Å². The monoisotopic (exact) mass is 235 g/mol. The van der Waals surface area contributed by atoms with Crippen LogP contribution in [0.15, 0.2) is 18.2 Å². The molecule has 2 heteroatoms. The number of hydrogen-bond donors (Lipinski definition) is 1. The first-order valence-electron chi connectivity index (χ1n) is 6.65. The molecule has 1 aliphatic carbocycles. The van der Waals surface area contributed by atoms with E-state index in [1.807, 2.05) is 13.0 Å². The van der Waals surface area contributed by atoms with Crippen LogP contribution >= 0.6 is 0 Å². The van der Waals surface area contributed by atoms with E-state index >= 15 is 0 Å². The van der Waals surface area contributed by atoms with E-state index in [0.29, 0.717) is 6.04 Å². The molecule has 1 aromatic rings. The van der Waals surface area contributed by atoms with Crippen molar-refractivity contribution in [2.45, 2.75) is 52.1 Å². The molecular formula is C15H22FN. The van der Waals surface area contributed by atoms with Gasteiger partial charge in [-0.3, -0.25) is 0 Å². The third kappa shape index (κ3) is 3.29. The summed E-state index contributed by atoms with van der Waals surface area (Å²) in [6.07, 6.45) is 5.48. The van der Waals surface area contributed by atoms with Crippen LogP contribution in [-0.4, -0.2) is 6.04 Å². The first kappa shape index (κ1) is 12.6. The zero-order chi connectivity index (χ0) is 12.3. The van der Waals surface area contributed by atoms with E-state index < -0.39 is 0 Å². The third-order valence-corrected chi connectivity index (χ3v) is 4.03. The van der Waals surface area contributed by atoms with Crippen LogP contribution in [0.4, 0.5) is 4.39 Å². The Kier molecular flexibility index (Phi) is 4.16. The number of aryl methyl sites for hydroxylation is 1. The minimum Gasteiger partial charge on any atom is -0.310 e. The Labute approximate surface area is 103 Å². The average Bonchev–Trinajstić information content (AvgIpc) is 2.81. The van der Waals surface area contributed by atoms with Crippen molar-refractivity contribution in [2.24, 2.45) is 5.92 Å². The molecule has 0 amide bonds. The molecule has 0 heterocycles. The highest BCUT2D eigenvalue weighted by molar-refractivity contribution is 5.26. The summed E-state index contributed by atoms with van der Waals surface area (Å²) < 4.78 is 13.0. The van der Waals surface area contributed by atoms with Crippen LogP contribution in [-0.2, 0) is 6.54 Å². The van der Waals surface area contributed by atoms with Gasteiger partial charge in [0.25, 0.3) is 0 Å². The largest absolute Gasteiger partial charge is 0.310 e. The van der Waals surface area contributed by atoms with Gasteiger partial charge in [-0.1, -0.05) is 18.9 Å². The average molecular weight is 235 g/mol. The maximum Gasteiger partial charge on any atom is 0.123 e. The number of halogens is 1. The highest BCUT2D eigenvalue weighted by atomic mass is 19.1. The molecule has 0 aromatic heterocycles. The van der Waals surface area contributed by atoms with Gasteiger partial charge in [0, 0.05) is 12.6 Å². The highest BCUT2D eigenvalue weighted by Gasteiger charge is 2.20. The maximum atomic E-state index is 13.0. The summed E-state index contributed by atoms with van der Waals surface area (Å²) in [5.41, 5.74) is 2.24. The minimum absolute atomic E-state index is 0.143. The number of benzene rings is 1. The van der Waals surface area contributed by atoms with Crippen molar-refractivity contribution in [3.8, 4) is 0 Å². The molecule has 94 valence electrons. The van der Waals surface area contributed by atoms with Crippen molar-refractivity contribution in [3.63, 3.8) is 0 Å². The van der Waals surface area contributed by atoms with Crippen molar-refractivity contribution < 1.29 is 4.39 Å². The second kappa shape index (κ2) is 5.63. The van der Waals surface area contributed by atoms with Gasteiger partial charge in [-0.15, -0.1) is 0 Å². The quantitative estimate of drug-likeness (QED) is 0.837. The first-order chi connectivity index (χ1) is 8.16. The molecule has 1 atom stereocenters. The number of nitrogens with one attached hydrogen (secondary N) is 1. The Morgan fingerprint density at radius 2 is 2.06 bits per heavy atom. The molecule has 1 aliphatic rings. The Morgan fingerprint density at radius 3 is 2.71 bits per heavy atom. The molecule has 17 heavy (non-hydrogen) atoms. The van der Waals surface area contributed by atoms with E-state index in [1.54, 1.807) is 12.1 Å². The molecule has 0 unspecified atom stereocenters. The molecule has 0 radical (unpaired) electrons. The van der Waals surface area contributed by atoms with Crippen LogP contribution in [0, 0.1) is 18.7 Å². The van der Waals surface area contributed by atoms with Gasteiger partial charge in [0.05, 0.1) is 0 Å². The van der Waals surface area contributed by atoms with Crippen LogP contribution in [0.2, 0.25) is 0 Å². The molecule has 1 saturated carbocycles. The molecule has 1 aromatic carbocycles. The van der Waals surface area contributed by atoms with Crippen LogP contribution in [0.1, 0.15) is 43.7 Å². The Bertz CT molecular complexity index is 369. The van der Waals surface area contributed by atoms with Crippen molar-refractivity contribution >= 4 is 0 Å². The minimum atomic E-state index is -0.143. The van der Waals surface area contributed by atoms with E-state index in [9.17, 15) is 4.39 Å². The zero-order valence-electron chi connectivity index (χ0n) is 10.8. The molecule has 1 N–H and O–H groups in total. The van der Waals surface area contributed by atoms with Crippen molar-refractivity contribution in [2.75, 3.05) is 0 Å². The molecular weight excluding hydrogens is 213 g/mol. The van der Waals surface area contributed by atoms with Crippen LogP contribution in [0.25, 0.3) is 0 Å². The van der Waals surface area contributed by atoms with E-state index in [1.165, 1.54) is 31.2 Å². The summed E-state index contributed by atoms with van der Waals surface area (Å²) in [7, 11) is 0. The van der Waals surface area contributed by atoms with Gasteiger partial charge < -0.3 is 5.32 Å². The van der Waals surface area contributed by atoms with Crippen molar-refractivity contribution in [1.29, 1.82) is 0 Å². The summed E-state index contributed by atoms with van der Waals surface area (Å²) in [6, 6.07) is 5.61. The highest BCUT2D eigenvalue weighted by Crippen LogP contribution is 2.27. The van der Waals surface area contributed by atoms with Gasteiger partial charge in [-0.05, 0) is 55.9 Å². The van der Waals surface area contributed by atoms with Gasteiger partial charge in [-0.25, -0.2) is 4.39 Å². The van der Waals surface area contributed by atoms with Gasteiger partial charge in [-0.2, -0.15) is 0 Å². The van der Waals surface area contributed by atoms with Gasteiger partial charge in [0.15, 0.2) is 0 Å². The molecule has 0 saturated heterocycles. The fourth-order valence-electron chi connectivity index (χ4n) is 2.75. The smallest absolute Gasteiger partial charge is 0.123 e. The molecule has 2 rings (SSSR count). The summed E-state index contributed by atoms with van der Waals surface area (Å²) >= 11 is 0. The van der Waals surface area contributed by atoms with E-state index in [4.69, 9.17) is 0 Å². The van der Waals surface area contributed by atoms with E-state index in [0.717, 1.165) is 18.0 Å². The molecule has 0 aliphatic heterocycles. The first-order valence-corrected chi connectivity index (χ1v) is 6.65.